The fourth-order valence-corrected chi connectivity index (χ4v) is 3.60. The first-order valence-electron chi connectivity index (χ1n) is 10.0. The maximum absolute atomic E-state index is 12.3. The number of hydrogen-bond acceptors (Lipinski definition) is 6. The molecule has 1 aromatic carbocycles. The van der Waals surface area contributed by atoms with E-state index in [2.05, 4.69) is 41.3 Å². The van der Waals surface area contributed by atoms with Gasteiger partial charge in [-0.25, -0.2) is 4.98 Å². The lowest BCUT2D eigenvalue weighted by atomic mass is 9.93. The van der Waals surface area contributed by atoms with Crippen LogP contribution in [0, 0.1) is 0 Å². The molecule has 0 bridgehead atoms. The summed E-state index contributed by atoms with van der Waals surface area (Å²) in [6.45, 7) is 9.66. The van der Waals surface area contributed by atoms with Crippen LogP contribution in [0.1, 0.15) is 50.9 Å². The number of carbonyl (C=O) groups is 2. The third-order valence-corrected chi connectivity index (χ3v) is 5.37. The van der Waals surface area contributed by atoms with Gasteiger partial charge in [0.25, 0.3) is 0 Å². The first-order chi connectivity index (χ1) is 14.1. The van der Waals surface area contributed by atoms with Gasteiger partial charge in [0.1, 0.15) is 10.8 Å². The van der Waals surface area contributed by atoms with Gasteiger partial charge in [-0.15, -0.1) is 11.3 Å². The van der Waals surface area contributed by atoms with Crippen LogP contribution in [0.5, 0.6) is 5.75 Å². The van der Waals surface area contributed by atoms with Crippen LogP contribution >= 0.6 is 11.3 Å². The van der Waals surface area contributed by atoms with Gasteiger partial charge < -0.3 is 20.3 Å². The number of hydrogen-bond donors (Lipinski definition) is 2. The van der Waals surface area contributed by atoms with E-state index in [-0.39, 0.29) is 11.5 Å². The number of ether oxygens (including phenoxy) is 1. The summed E-state index contributed by atoms with van der Waals surface area (Å²) in [6.07, 6.45) is 0.931. The van der Waals surface area contributed by atoms with Gasteiger partial charge in [-0.2, -0.15) is 0 Å². The molecule has 8 heteroatoms. The van der Waals surface area contributed by atoms with Gasteiger partial charge in [0.2, 0.25) is 0 Å². The Balaban J connectivity index is 1.83. The Morgan fingerprint density at radius 2 is 1.83 bits per heavy atom. The largest absolute Gasteiger partial charge is 0.494 e. The molecule has 2 amide bonds. The minimum absolute atomic E-state index is 0.0575. The summed E-state index contributed by atoms with van der Waals surface area (Å²) in [5, 5.41) is 8.07. The fraction of sp³-hybridized carbons (Fsp3) is 0.500. The van der Waals surface area contributed by atoms with Crippen molar-refractivity contribution < 1.29 is 14.3 Å². The van der Waals surface area contributed by atoms with Crippen molar-refractivity contribution in [3.8, 4) is 5.75 Å². The van der Waals surface area contributed by atoms with E-state index in [1.807, 2.05) is 26.4 Å². The van der Waals surface area contributed by atoms with Crippen molar-refractivity contribution in [2.45, 2.75) is 45.6 Å². The predicted molar refractivity (Wildman–Crippen MR) is 121 cm³/mol. The van der Waals surface area contributed by atoms with E-state index in [4.69, 9.17) is 4.74 Å². The molecule has 1 heterocycles. The number of aromatic nitrogens is 1. The van der Waals surface area contributed by atoms with E-state index in [1.165, 1.54) is 11.3 Å². The molecule has 0 spiro atoms. The maximum Gasteiger partial charge on any atom is 0.313 e. The first kappa shape index (κ1) is 23.8. The lowest BCUT2D eigenvalue weighted by Gasteiger charge is -2.15. The van der Waals surface area contributed by atoms with Gasteiger partial charge in [-0.1, -0.05) is 20.8 Å². The highest BCUT2D eigenvalue weighted by Crippen LogP contribution is 2.26. The van der Waals surface area contributed by atoms with E-state index in [0.29, 0.717) is 12.3 Å². The minimum Gasteiger partial charge on any atom is -0.494 e. The van der Waals surface area contributed by atoms with Crippen molar-refractivity contribution in [2.24, 2.45) is 0 Å². The maximum atomic E-state index is 12.3. The fourth-order valence-electron chi connectivity index (χ4n) is 2.55. The Hall–Kier alpha value is -2.45. The van der Waals surface area contributed by atoms with Gasteiger partial charge in [-0.3, -0.25) is 9.59 Å². The summed E-state index contributed by atoms with van der Waals surface area (Å²) in [5.74, 6) is -0.684. The molecule has 0 aliphatic rings. The molecule has 0 saturated heterocycles. The Kier molecular flexibility index (Phi) is 8.37. The molecule has 0 fully saturated rings. The topological polar surface area (TPSA) is 83.6 Å². The van der Waals surface area contributed by atoms with Crippen LogP contribution in [0.2, 0.25) is 0 Å². The van der Waals surface area contributed by atoms with Crippen molar-refractivity contribution in [1.82, 2.24) is 15.2 Å². The molecular weight excluding hydrogens is 400 g/mol. The van der Waals surface area contributed by atoms with Crippen LogP contribution in [0.15, 0.2) is 29.6 Å². The quantitative estimate of drug-likeness (QED) is 0.492. The highest BCUT2D eigenvalue weighted by molar-refractivity contribution is 7.09. The van der Waals surface area contributed by atoms with Crippen molar-refractivity contribution in [3.63, 3.8) is 0 Å². The standard InChI is InChI=1S/C22H32N4O3S/c1-15(21-25-18(14-30-21)22(2,3)4)23-19(27)20(28)24-16-8-10-17(11-9-16)29-13-7-12-26(5)6/h8-11,14-15H,7,12-13H2,1-6H3,(H,23,27)(H,24,28). The molecule has 1 unspecified atom stereocenters. The van der Waals surface area contributed by atoms with E-state index >= 15 is 0 Å². The lowest BCUT2D eigenvalue weighted by molar-refractivity contribution is -0.136. The molecule has 1 aromatic heterocycles. The number of amides is 2. The van der Waals surface area contributed by atoms with Gasteiger partial charge >= 0.3 is 11.8 Å². The SMILES string of the molecule is CC(NC(=O)C(=O)Nc1ccc(OCCCN(C)C)cc1)c1nc(C(C)(C)C)cs1. The third-order valence-electron chi connectivity index (χ3n) is 4.35. The summed E-state index contributed by atoms with van der Waals surface area (Å²) in [6, 6.07) is 6.63. The molecule has 164 valence electrons. The Morgan fingerprint density at radius 3 is 2.40 bits per heavy atom. The second-order valence-corrected chi connectivity index (χ2v) is 9.39. The summed E-state index contributed by atoms with van der Waals surface area (Å²) in [7, 11) is 4.04. The van der Waals surface area contributed by atoms with Crippen LogP contribution in [0.25, 0.3) is 0 Å². The third kappa shape index (κ3) is 7.42. The number of nitrogens with zero attached hydrogens (tertiary/aromatic N) is 2. The zero-order chi connectivity index (χ0) is 22.3. The number of anilines is 1. The summed E-state index contributed by atoms with van der Waals surface area (Å²) >= 11 is 1.48. The van der Waals surface area contributed by atoms with Crippen LogP contribution < -0.4 is 15.4 Å². The van der Waals surface area contributed by atoms with E-state index in [9.17, 15) is 9.59 Å². The summed E-state index contributed by atoms with van der Waals surface area (Å²) in [5.41, 5.74) is 1.45. The Morgan fingerprint density at radius 1 is 1.17 bits per heavy atom. The zero-order valence-electron chi connectivity index (χ0n) is 18.6. The molecule has 0 aliphatic heterocycles. The number of benzene rings is 1. The molecular formula is C22H32N4O3S. The molecule has 2 N–H and O–H groups in total. The van der Waals surface area contributed by atoms with Crippen LogP contribution in [0.4, 0.5) is 5.69 Å². The number of nitrogens with one attached hydrogen (secondary N) is 2. The highest BCUT2D eigenvalue weighted by atomic mass is 32.1. The summed E-state index contributed by atoms with van der Waals surface area (Å²) in [4.78, 5) is 31.2. The molecule has 2 rings (SSSR count). The first-order valence-corrected chi connectivity index (χ1v) is 10.9. The average molecular weight is 433 g/mol. The van der Waals surface area contributed by atoms with E-state index < -0.39 is 11.8 Å². The predicted octanol–water partition coefficient (Wildman–Crippen LogP) is 3.59. The number of carbonyl (C=O) groups excluding carboxylic acids is 2. The monoisotopic (exact) mass is 432 g/mol. The second-order valence-electron chi connectivity index (χ2n) is 8.50. The molecule has 0 radical (unpaired) electrons. The average Bonchev–Trinajstić information content (AvgIpc) is 3.17. The molecule has 0 saturated carbocycles. The van der Waals surface area contributed by atoms with Crippen molar-refractivity contribution in [3.05, 3.63) is 40.3 Å². The van der Waals surface area contributed by atoms with Gasteiger partial charge in [0.15, 0.2) is 0 Å². The van der Waals surface area contributed by atoms with Crippen LogP contribution in [0.3, 0.4) is 0 Å². The summed E-state index contributed by atoms with van der Waals surface area (Å²) < 4.78 is 5.67. The molecule has 2 aromatic rings. The van der Waals surface area contributed by atoms with Crippen LogP contribution in [-0.2, 0) is 15.0 Å². The molecule has 1 atom stereocenters. The molecule has 7 nitrogen and oxygen atoms in total. The lowest BCUT2D eigenvalue weighted by Crippen LogP contribution is -2.36. The van der Waals surface area contributed by atoms with E-state index in [1.54, 1.807) is 24.3 Å². The van der Waals surface area contributed by atoms with Gasteiger partial charge in [-0.05, 0) is 51.7 Å². The Bertz CT molecular complexity index is 841. The van der Waals surface area contributed by atoms with Gasteiger partial charge in [0, 0.05) is 23.0 Å². The van der Waals surface area contributed by atoms with Crippen LogP contribution in [-0.4, -0.2) is 48.9 Å². The van der Waals surface area contributed by atoms with Crippen molar-refractivity contribution in [1.29, 1.82) is 0 Å². The molecule has 30 heavy (non-hydrogen) atoms. The van der Waals surface area contributed by atoms with Gasteiger partial charge in [0.05, 0.1) is 18.3 Å². The number of thiazole rings is 1. The highest BCUT2D eigenvalue weighted by Gasteiger charge is 2.22. The molecule has 0 aliphatic carbocycles. The normalized spacial score (nSPS) is 12.5. The zero-order valence-corrected chi connectivity index (χ0v) is 19.4. The Labute approximate surface area is 182 Å². The van der Waals surface area contributed by atoms with Crippen molar-refractivity contribution >= 4 is 28.8 Å². The minimum atomic E-state index is -0.714. The second kappa shape index (κ2) is 10.5. The van der Waals surface area contributed by atoms with E-state index in [0.717, 1.165) is 29.4 Å². The smallest absolute Gasteiger partial charge is 0.313 e. The van der Waals surface area contributed by atoms with Crippen molar-refractivity contribution in [2.75, 3.05) is 32.6 Å². The number of rotatable bonds is 8.